The Labute approximate surface area is 130 Å². The Morgan fingerprint density at radius 1 is 1.38 bits per heavy atom. The van der Waals surface area contributed by atoms with Crippen LogP contribution in [0.5, 0.6) is 0 Å². The van der Waals surface area contributed by atoms with Gasteiger partial charge in [0.15, 0.2) is 0 Å². The number of primary amides is 1. The van der Waals surface area contributed by atoms with Crippen LogP contribution in [-0.2, 0) is 4.79 Å². The minimum absolute atomic E-state index is 0.259. The van der Waals surface area contributed by atoms with Gasteiger partial charge in [0.1, 0.15) is 0 Å². The van der Waals surface area contributed by atoms with Gasteiger partial charge in [0.05, 0.1) is 5.54 Å². The van der Waals surface area contributed by atoms with E-state index in [1.54, 1.807) is 7.05 Å². The Bertz CT molecular complexity index is 315. The van der Waals surface area contributed by atoms with Gasteiger partial charge in [-0.05, 0) is 79.3 Å². The lowest BCUT2D eigenvalue weighted by atomic mass is 9.94. The van der Waals surface area contributed by atoms with Crippen LogP contribution in [0.25, 0.3) is 0 Å². The van der Waals surface area contributed by atoms with Crippen LogP contribution in [0.4, 0.5) is 0 Å². The zero-order chi connectivity index (χ0) is 15.9. The van der Waals surface area contributed by atoms with Crippen molar-refractivity contribution in [1.82, 2.24) is 15.1 Å². The quantitative estimate of drug-likeness (QED) is 0.624. The molecule has 0 aliphatic carbocycles. The fourth-order valence-corrected chi connectivity index (χ4v) is 3.07. The minimum Gasteiger partial charge on any atom is -0.368 e. The summed E-state index contributed by atoms with van der Waals surface area (Å²) in [6.07, 6.45) is 5.51. The number of unbranched alkanes of at least 4 members (excludes halogenated alkanes) is 1. The Morgan fingerprint density at radius 2 is 2.00 bits per heavy atom. The van der Waals surface area contributed by atoms with E-state index in [0.717, 1.165) is 31.8 Å². The highest BCUT2D eigenvalue weighted by atomic mass is 16.1. The van der Waals surface area contributed by atoms with Gasteiger partial charge in [-0.2, -0.15) is 0 Å². The molecule has 5 heteroatoms. The summed E-state index contributed by atoms with van der Waals surface area (Å²) in [6.45, 7) is 8.86. The molecular weight excluding hydrogens is 264 g/mol. The maximum absolute atomic E-state index is 11.4. The van der Waals surface area contributed by atoms with Crippen molar-refractivity contribution in [2.24, 2.45) is 5.73 Å². The summed E-state index contributed by atoms with van der Waals surface area (Å²) in [6, 6.07) is 0.722. The minimum atomic E-state index is -0.564. The average molecular weight is 298 g/mol. The van der Waals surface area contributed by atoms with Crippen molar-refractivity contribution in [3.8, 4) is 0 Å². The number of hydrogen-bond acceptors (Lipinski definition) is 4. The topological polar surface area (TPSA) is 61.6 Å². The molecule has 0 spiro atoms. The van der Waals surface area contributed by atoms with Crippen LogP contribution < -0.4 is 11.1 Å². The lowest BCUT2D eigenvalue weighted by Crippen LogP contribution is -2.51. The number of carbonyl (C=O) groups excluding carboxylic acids is 1. The molecule has 21 heavy (non-hydrogen) atoms. The summed E-state index contributed by atoms with van der Waals surface area (Å²) in [5.41, 5.74) is 4.89. The first-order valence-corrected chi connectivity index (χ1v) is 8.34. The number of nitrogens with zero attached hydrogens (tertiary/aromatic N) is 2. The Kier molecular flexibility index (Phi) is 7.63. The van der Waals surface area contributed by atoms with E-state index in [9.17, 15) is 4.79 Å². The van der Waals surface area contributed by atoms with E-state index in [-0.39, 0.29) is 5.91 Å². The molecule has 1 saturated heterocycles. The summed E-state index contributed by atoms with van der Waals surface area (Å²) in [5.74, 6) is -0.259. The Balaban J connectivity index is 2.22. The molecule has 0 radical (unpaired) electrons. The maximum atomic E-state index is 11.4. The van der Waals surface area contributed by atoms with Crippen LogP contribution in [0.15, 0.2) is 0 Å². The van der Waals surface area contributed by atoms with Crippen molar-refractivity contribution in [2.45, 2.75) is 57.5 Å². The SMILES string of the molecule is CCN1CCC(N(C)CCCCC(C)(NC)C(N)=O)CC1. The van der Waals surface area contributed by atoms with E-state index in [4.69, 9.17) is 5.73 Å². The fraction of sp³-hybridized carbons (Fsp3) is 0.938. The third-order valence-corrected chi connectivity index (χ3v) is 5.16. The van der Waals surface area contributed by atoms with Gasteiger partial charge in [-0.25, -0.2) is 0 Å². The second-order valence-corrected chi connectivity index (χ2v) is 6.55. The van der Waals surface area contributed by atoms with Gasteiger partial charge in [-0.15, -0.1) is 0 Å². The van der Waals surface area contributed by atoms with E-state index in [0.29, 0.717) is 0 Å². The van der Waals surface area contributed by atoms with Crippen molar-refractivity contribution in [2.75, 3.05) is 40.3 Å². The second kappa shape index (κ2) is 8.71. The molecule has 1 atom stereocenters. The number of carbonyl (C=O) groups is 1. The van der Waals surface area contributed by atoms with Gasteiger partial charge in [0.2, 0.25) is 5.91 Å². The third kappa shape index (κ3) is 5.57. The number of hydrogen-bond donors (Lipinski definition) is 2. The highest BCUT2D eigenvalue weighted by Gasteiger charge is 2.28. The number of nitrogens with two attached hydrogens (primary N) is 1. The first-order valence-electron chi connectivity index (χ1n) is 8.34. The number of amides is 1. The first-order chi connectivity index (χ1) is 9.92. The van der Waals surface area contributed by atoms with E-state index >= 15 is 0 Å². The molecule has 3 N–H and O–H groups in total. The van der Waals surface area contributed by atoms with Crippen LogP contribution in [-0.4, -0.2) is 67.6 Å². The molecule has 124 valence electrons. The van der Waals surface area contributed by atoms with Gasteiger partial charge in [0, 0.05) is 6.04 Å². The van der Waals surface area contributed by atoms with Gasteiger partial charge in [0.25, 0.3) is 0 Å². The van der Waals surface area contributed by atoms with Crippen molar-refractivity contribution in [3.05, 3.63) is 0 Å². The number of likely N-dealkylation sites (tertiary alicyclic amines) is 1. The largest absolute Gasteiger partial charge is 0.368 e. The Hall–Kier alpha value is -0.650. The number of rotatable bonds is 9. The zero-order valence-electron chi connectivity index (χ0n) is 14.3. The van der Waals surface area contributed by atoms with Crippen molar-refractivity contribution >= 4 is 5.91 Å². The maximum Gasteiger partial charge on any atom is 0.237 e. The molecular formula is C16H34N4O. The van der Waals surface area contributed by atoms with Crippen LogP contribution in [0.2, 0.25) is 0 Å². The van der Waals surface area contributed by atoms with Crippen molar-refractivity contribution in [3.63, 3.8) is 0 Å². The molecule has 1 fully saturated rings. The molecule has 1 unspecified atom stereocenters. The number of nitrogens with one attached hydrogen (secondary N) is 1. The highest BCUT2D eigenvalue weighted by molar-refractivity contribution is 5.84. The molecule has 1 rings (SSSR count). The number of piperidine rings is 1. The lowest BCUT2D eigenvalue weighted by Gasteiger charge is -2.36. The summed E-state index contributed by atoms with van der Waals surface area (Å²) in [7, 11) is 4.04. The molecule has 1 aliphatic heterocycles. The first kappa shape index (κ1) is 18.4. The molecule has 0 bridgehead atoms. The molecule has 1 amide bonds. The molecule has 1 heterocycles. The van der Waals surface area contributed by atoms with Crippen molar-refractivity contribution in [1.29, 1.82) is 0 Å². The molecule has 0 aromatic carbocycles. The van der Waals surface area contributed by atoms with Crippen LogP contribution in [0.3, 0.4) is 0 Å². The van der Waals surface area contributed by atoms with Crippen LogP contribution in [0.1, 0.15) is 46.0 Å². The highest BCUT2D eigenvalue weighted by Crippen LogP contribution is 2.17. The molecule has 5 nitrogen and oxygen atoms in total. The molecule has 0 aromatic heterocycles. The summed E-state index contributed by atoms with van der Waals surface area (Å²) >= 11 is 0. The number of likely N-dealkylation sites (N-methyl/N-ethyl adjacent to an activating group) is 1. The summed E-state index contributed by atoms with van der Waals surface area (Å²) in [5, 5.41) is 3.05. The molecule has 0 aromatic rings. The lowest BCUT2D eigenvalue weighted by molar-refractivity contribution is -0.123. The summed E-state index contributed by atoms with van der Waals surface area (Å²) < 4.78 is 0. The van der Waals surface area contributed by atoms with Gasteiger partial charge >= 0.3 is 0 Å². The Morgan fingerprint density at radius 3 is 2.48 bits per heavy atom. The molecule has 1 aliphatic rings. The van der Waals surface area contributed by atoms with E-state index in [1.807, 2.05) is 6.92 Å². The predicted octanol–water partition coefficient (Wildman–Crippen LogP) is 1.04. The summed E-state index contributed by atoms with van der Waals surface area (Å²) in [4.78, 5) is 16.4. The second-order valence-electron chi connectivity index (χ2n) is 6.55. The third-order valence-electron chi connectivity index (χ3n) is 5.16. The average Bonchev–Trinajstić information content (AvgIpc) is 2.50. The fourth-order valence-electron chi connectivity index (χ4n) is 3.07. The van der Waals surface area contributed by atoms with E-state index < -0.39 is 5.54 Å². The van der Waals surface area contributed by atoms with Crippen molar-refractivity contribution < 1.29 is 4.79 Å². The van der Waals surface area contributed by atoms with Gasteiger partial charge in [-0.1, -0.05) is 6.92 Å². The predicted molar refractivity (Wildman–Crippen MR) is 88.3 cm³/mol. The van der Waals surface area contributed by atoms with Crippen LogP contribution in [0, 0.1) is 0 Å². The van der Waals surface area contributed by atoms with Gasteiger partial charge < -0.3 is 20.9 Å². The smallest absolute Gasteiger partial charge is 0.237 e. The van der Waals surface area contributed by atoms with E-state index in [2.05, 4.69) is 29.1 Å². The monoisotopic (exact) mass is 298 g/mol. The normalized spacial score (nSPS) is 20.6. The van der Waals surface area contributed by atoms with Crippen LogP contribution >= 0.6 is 0 Å². The zero-order valence-corrected chi connectivity index (χ0v) is 14.3. The van der Waals surface area contributed by atoms with Gasteiger partial charge in [-0.3, -0.25) is 4.79 Å². The molecule has 0 saturated carbocycles. The standard InChI is InChI=1S/C16H34N4O/c1-5-20-12-8-14(9-13-20)19(4)11-7-6-10-16(2,18-3)15(17)21/h14,18H,5-13H2,1-4H3,(H2,17,21). The van der Waals surface area contributed by atoms with E-state index in [1.165, 1.54) is 32.5 Å².